The van der Waals surface area contributed by atoms with Gasteiger partial charge in [-0.25, -0.2) is 0 Å². The zero-order valence-electron chi connectivity index (χ0n) is 24.0. The lowest BCUT2D eigenvalue weighted by Crippen LogP contribution is -2.11. The molecule has 0 saturated carbocycles. The van der Waals surface area contributed by atoms with Crippen LogP contribution in [0.1, 0.15) is 20.8 Å². The fourth-order valence-electron chi connectivity index (χ4n) is 4.08. The molecular weight excluding hydrogens is 522 g/mol. The van der Waals surface area contributed by atoms with Gasteiger partial charge >= 0.3 is 0 Å². The predicted octanol–water partition coefficient (Wildman–Crippen LogP) is 8.23. The number of hydrogen-bond acceptors (Lipinski definition) is 3. The summed E-state index contributed by atoms with van der Waals surface area (Å²) in [5.41, 5.74) is 9.24. The molecule has 0 aliphatic rings. The first-order chi connectivity index (χ1) is 20.0. The summed E-state index contributed by atoms with van der Waals surface area (Å²) in [5, 5.41) is 8.51. The second-order valence-electron chi connectivity index (χ2n) is 10.2. The van der Waals surface area contributed by atoms with Gasteiger partial charge in [-0.05, 0) is 109 Å². The monoisotopic (exact) mass is 555 g/mol. The Kier molecular flexibility index (Phi) is 8.98. The Morgan fingerprint density at radius 2 is 0.619 bits per heavy atom. The maximum Gasteiger partial charge on any atom is 0.250 e. The number of amides is 3. The van der Waals surface area contributed by atoms with Gasteiger partial charge in [0.25, 0.3) is 17.7 Å². The maximum absolute atomic E-state index is 12.0. The normalized spacial score (nSPS) is 10.4. The van der Waals surface area contributed by atoms with Crippen molar-refractivity contribution in [2.45, 2.75) is 20.8 Å². The summed E-state index contributed by atoms with van der Waals surface area (Å²) in [4.78, 5) is 36.1. The van der Waals surface area contributed by atoms with Crippen molar-refractivity contribution in [2.24, 2.45) is 0 Å². The summed E-state index contributed by atoms with van der Waals surface area (Å²) in [7, 11) is 0. The van der Waals surface area contributed by atoms with Crippen molar-refractivity contribution in [3.05, 3.63) is 127 Å². The molecule has 0 fully saturated rings. The van der Waals surface area contributed by atoms with E-state index in [4.69, 9.17) is 0 Å². The third-order valence-corrected chi connectivity index (χ3v) is 6.52. The third-order valence-electron chi connectivity index (χ3n) is 6.52. The second kappa shape index (κ2) is 12.8. The van der Waals surface area contributed by atoms with E-state index in [1.54, 1.807) is 20.8 Å². The lowest BCUT2D eigenvalue weighted by Gasteiger charge is -2.13. The van der Waals surface area contributed by atoms with Gasteiger partial charge in [0.15, 0.2) is 0 Å². The van der Waals surface area contributed by atoms with E-state index in [1.807, 2.05) is 72.8 Å². The number of carbonyl (C=O) groups is 3. The summed E-state index contributed by atoms with van der Waals surface area (Å²) >= 11 is 0. The highest BCUT2D eigenvalue weighted by molar-refractivity contribution is 6.04. The van der Waals surface area contributed by atoms with Crippen LogP contribution < -0.4 is 16.0 Å². The Labute approximate surface area is 246 Å². The first-order valence-corrected chi connectivity index (χ1v) is 13.4. The molecule has 42 heavy (non-hydrogen) atoms. The van der Waals surface area contributed by atoms with E-state index in [-0.39, 0.29) is 17.7 Å². The van der Waals surface area contributed by atoms with Gasteiger partial charge < -0.3 is 16.0 Å². The molecule has 3 amide bonds. The van der Waals surface area contributed by atoms with Crippen molar-refractivity contribution in [1.82, 2.24) is 0 Å². The van der Waals surface area contributed by atoms with Crippen molar-refractivity contribution in [3.8, 4) is 33.4 Å². The predicted molar refractivity (Wildman–Crippen MR) is 173 cm³/mol. The van der Waals surface area contributed by atoms with Crippen molar-refractivity contribution in [2.75, 3.05) is 16.0 Å². The van der Waals surface area contributed by atoms with Gasteiger partial charge in [-0.2, -0.15) is 0 Å². The summed E-state index contributed by atoms with van der Waals surface area (Å²) < 4.78 is 0. The van der Waals surface area contributed by atoms with Crippen molar-refractivity contribution >= 4 is 34.8 Å². The van der Waals surface area contributed by atoms with Crippen LogP contribution in [-0.2, 0) is 14.4 Å². The SMILES string of the molecule is C=C(C)C(=O)Nc1ccc(-c2cc(-c3ccc(NC(=O)C(=C)C)cc3)cc(-c3ccc(NC(=O)C(=C)C)cc3)c2)cc1. The summed E-state index contributed by atoms with van der Waals surface area (Å²) in [6.07, 6.45) is 0. The number of rotatable bonds is 9. The Morgan fingerprint density at radius 1 is 0.405 bits per heavy atom. The molecule has 0 heterocycles. The third kappa shape index (κ3) is 7.37. The van der Waals surface area contributed by atoms with E-state index in [0.29, 0.717) is 33.8 Å². The number of anilines is 3. The van der Waals surface area contributed by atoms with Gasteiger partial charge in [0.05, 0.1) is 0 Å². The molecule has 0 saturated heterocycles. The van der Waals surface area contributed by atoms with Crippen LogP contribution in [0.25, 0.3) is 33.4 Å². The second-order valence-corrected chi connectivity index (χ2v) is 10.2. The fraction of sp³-hybridized carbons (Fsp3) is 0.0833. The van der Waals surface area contributed by atoms with Crippen LogP contribution in [0.5, 0.6) is 0 Å². The van der Waals surface area contributed by atoms with Crippen LogP contribution in [0, 0.1) is 0 Å². The number of carbonyl (C=O) groups excluding carboxylic acids is 3. The molecule has 6 heteroatoms. The standard InChI is InChI=1S/C36H33N3O3/c1-22(2)34(40)37-31-13-7-25(8-14-31)28-19-29(26-9-15-32(16-10-26)38-35(41)23(3)4)21-30(20-28)27-11-17-33(18-12-27)39-36(42)24(5)6/h7-21H,1,3,5H2,2,4,6H3,(H,37,40)(H,38,41)(H,39,42). The van der Waals surface area contributed by atoms with Gasteiger partial charge in [-0.3, -0.25) is 14.4 Å². The van der Waals surface area contributed by atoms with Gasteiger partial charge in [0.2, 0.25) is 0 Å². The molecule has 0 aromatic heterocycles. The van der Waals surface area contributed by atoms with Gasteiger partial charge in [0.1, 0.15) is 0 Å². The smallest absolute Gasteiger partial charge is 0.250 e. The minimum atomic E-state index is -0.224. The minimum absolute atomic E-state index is 0.224. The van der Waals surface area contributed by atoms with Crippen molar-refractivity contribution < 1.29 is 14.4 Å². The first-order valence-electron chi connectivity index (χ1n) is 13.4. The van der Waals surface area contributed by atoms with Gasteiger partial charge in [-0.1, -0.05) is 56.1 Å². The largest absolute Gasteiger partial charge is 0.322 e. The number of benzene rings is 4. The highest BCUT2D eigenvalue weighted by Crippen LogP contribution is 2.34. The fourth-order valence-corrected chi connectivity index (χ4v) is 4.08. The van der Waals surface area contributed by atoms with Crippen LogP contribution in [0.15, 0.2) is 127 Å². The molecule has 6 nitrogen and oxygen atoms in total. The van der Waals surface area contributed by atoms with Crippen LogP contribution in [-0.4, -0.2) is 17.7 Å². The van der Waals surface area contributed by atoms with Gasteiger partial charge in [-0.15, -0.1) is 0 Å². The first kappa shape index (κ1) is 29.5. The van der Waals surface area contributed by atoms with Crippen molar-refractivity contribution in [1.29, 1.82) is 0 Å². The molecule has 0 spiro atoms. The van der Waals surface area contributed by atoms with E-state index in [2.05, 4.69) is 53.9 Å². The number of nitrogens with one attached hydrogen (secondary N) is 3. The Balaban J connectivity index is 1.71. The lowest BCUT2D eigenvalue weighted by molar-refractivity contribution is -0.113. The van der Waals surface area contributed by atoms with Crippen LogP contribution >= 0.6 is 0 Å². The average molecular weight is 556 g/mol. The molecule has 0 unspecified atom stereocenters. The number of hydrogen-bond donors (Lipinski definition) is 3. The van der Waals surface area contributed by atoms with E-state index >= 15 is 0 Å². The lowest BCUT2D eigenvalue weighted by atomic mass is 9.93. The Morgan fingerprint density at radius 3 is 0.810 bits per heavy atom. The summed E-state index contributed by atoms with van der Waals surface area (Å²) in [5.74, 6) is -0.673. The van der Waals surface area contributed by atoms with Gasteiger partial charge in [0, 0.05) is 33.8 Å². The molecule has 0 atom stereocenters. The minimum Gasteiger partial charge on any atom is -0.322 e. The molecule has 4 aromatic carbocycles. The molecule has 210 valence electrons. The zero-order valence-corrected chi connectivity index (χ0v) is 24.0. The zero-order chi connectivity index (χ0) is 30.4. The van der Waals surface area contributed by atoms with Crippen molar-refractivity contribution in [3.63, 3.8) is 0 Å². The quantitative estimate of drug-likeness (QED) is 0.182. The molecule has 0 aliphatic carbocycles. The average Bonchev–Trinajstić information content (AvgIpc) is 2.98. The van der Waals surface area contributed by atoms with E-state index in [1.165, 1.54) is 0 Å². The molecule has 3 N–H and O–H groups in total. The molecule has 0 bridgehead atoms. The summed E-state index contributed by atoms with van der Waals surface area (Å²) in [6.45, 7) is 16.1. The van der Waals surface area contributed by atoms with Crippen LogP contribution in [0.4, 0.5) is 17.1 Å². The Bertz CT molecular complexity index is 1480. The Hall–Kier alpha value is -5.49. The van der Waals surface area contributed by atoms with Crippen LogP contribution in [0.3, 0.4) is 0 Å². The molecule has 4 aromatic rings. The van der Waals surface area contributed by atoms with E-state index in [9.17, 15) is 14.4 Å². The molecule has 0 radical (unpaired) electrons. The highest BCUT2D eigenvalue weighted by Gasteiger charge is 2.10. The molecular formula is C36H33N3O3. The van der Waals surface area contributed by atoms with E-state index in [0.717, 1.165) is 33.4 Å². The van der Waals surface area contributed by atoms with Crippen LogP contribution in [0.2, 0.25) is 0 Å². The summed E-state index contributed by atoms with van der Waals surface area (Å²) in [6, 6.07) is 29.3. The highest BCUT2D eigenvalue weighted by atomic mass is 16.2. The van der Waals surface area contributed by atoms with E-state index < -0.39 is 0 Å². The molecule has 0 aliphatic heterocycles. The molecule has 4 rings (SSSR count). The topological polar surface area (TPSA) is 87.3 Å². The maximum atomic E-state index is 12.0.